The summed E-state index contributed by atoms with van der Waals surface area (Å²) in [7, 11) is 1.37. The molecule has 0 atom stereocenters. The highest BCUT2D eigenvalue weighted by Gasteiger charge is 2.08. The van der Waals surface area contributed by atoms with Crippen molar-refractivity contribution in [2.24, 2.45) is 0 Å². The monoisotopic (exact) mass is 308 g/mol. The van der Waals surface area contributed by atoms with Crippen LogP contribution in [0.1, 0.15) is 42.5 Å². The van der Waals surface area contributed by atoms with E-state index in [1.165, 1.54) is 31.4 Å². The molecule has 0 aliphatic carbocycles. The van der Waals surface area contributed by atoms with Gasteiger partial charge in [0.25, 0.3) is 11.6 Å². The van der Waals surface area contributed by atoms with E-state index in [4.69, 9.17) is 0 Å². The summed E-state index contributed by atoms with van der Waals surface area (Å²) in [5, 5.41) is 13.3. The number of methoxy groups -OCH3 is 1. The van der Waals surface area contributed by atoms with Gasteiger partial charge in [-0.3, -0.25) is 19.7 Å². The number of unbranched alkanes of at least 4 members (excludes halogenated alkanes) is 3. The van der Waals surface area contributed by atoms with Gasteiger partial charge >= 0.3 is 5.97 Å². The molecule has 1 rings (SSSR count). The van der Waals surface area contributed by atoms with Gasteiger partial charge in [0.15, 0.2) is 0 Å². The second-order valence-electron chi connectivity index (χ2n) is 4.80. The molecular weight excluding hydrogens is 288 g/mol. The zero-order valence-corrected chi connectivity index (χ0v) is 12.5. The Balaban J connectivity index is 2.18. The van der Waals surface area contributed by atoms with Gasteiger partial charge in [-0.2, -0.15) is 0 Å². The molecule has 1 N–H and O–H groups in total. The first-order chi connectivity index (χ1) is 10.5. The molecule has 0 aromatic heterocycles. The molecule has 1 amide bonds. The number of hydrogen-bond acceptors (Lipinski definition) is 5. The van der Waals surface area contributed by atoms with Gasteiger partial charge in [-0.1, -0.05) is 12.8 Å². The summed E-state index contributed by atoms with van der Waals surface area (Å²) in [6, 6.07) is 5.48. The van der Waals surface area contributed by atoms with Crippen LogP contribution in [0.5, 0.6) is 0 Å². The van der Waals surface area contributed by atoms with E-state index in [0.717, 1.165) is 25.7 Å². The first-order valence-corrected chi connectivity index (χ1v) is 7.14. The molecule has 0 aliphatic rings. The highest BCUT2D eigenvalue weighted by atomic mass is 16.6. The van der Waals surface area contributed by atoms with E-state index in [2.05, 4.69) is 10.1 Å². The minimum atomic E-state index is -0.504. The number of nitrogens with zero attached hydrogens (tertiary/aromatic N) is 1. The van der Waals surface area contributed by atoms with Crippen LogP contribution >= 0.6 is 0 Å². The molecule has 0 aliphatic heterocycles. The zero-order valence-electron chi connectivity index (χ0n) is 12.5. The van der Waals surface area contributed by atoms with Crippen LogP contribution in [0.4, 0.5) is 5.69 Å². The fourth-order valence-electron chi connectivity index (χ4n) is 1.89. The van der Waals surface area contributed by atoms with Crippen molar-refractivity contribution in [3.63, 3.8) is 0 Å². The number of carbonyl (C=O) groups excluding carboxylic acids is 2. The Hall–Kier alpha value is -2.44. The molecule has 1 aromatic carbocycles. The second kappa shape index (κ2) is 9.49. The van der Waals surface area contributed by atoms with Crippen LogP contribution in [-0.4, -0.2) is 30.5 Å². The van der Waals surface area contributed by atoms with Crippen LogP contribution in [0.15, 0.2) is 24.3 Å². The lowest BCUT2D eigenvalue weighted by molar-refractivity contribution is -0.384. The molecule has 22 heavy (non-hydrogen) atoms. The third kappa shape index (κ3) is 6.34. The van der Waals surface area contributed by atoms with Crippen molar-refractivity contribution < 1.29 is 19.2 Å². The minimum absolute atomic E-state index is 0.0397. The normalized spacial score (nSPS) is 10.0. The second-order valence-corrected chi connectivity index (χ2v) is 4.80. The van der Waals surface area contributed by atoms with Crippen molar-refractivity contribution in [3.8, 4) is 0 Å². The van der Waals surface area contributed by atoms with Gasteiger partial charge < -0.3 is 10.1 Å². The standard InChI is InChI=1S/C15H20N2O5/c1-22-14(18)6-4-2-3-5-11-16-15(19)12-7-9-13(10-8-12)17(20)21/h7-10H,2-6,11H2,1H3,(H,16,19). The average molecular weight is 308 g/mol. The molecule has 0 fully saturated rings. The molecule has 0 bridgehead atoms. The highest BCUT2D eigenvalue weighted by molar-refractivity contribution is 5.94. The first kappa shape index (κ1) is 17.6. The maximum atomic E-state index is 11.8. The number of ether oxygens (including phenoxy) is 1. The maximum absolute atomic E-state index is 11.8. The average Bonchev–Trinajstić information content (AvgIpc) is 2.53. The summed E-state index contributed by atoms with van der Waals surface area (Å²) in [6.07, 6.45) is 3.84. The molecule has 0 spiro atoms. The fraction of sp³-hybridized carbons (Fsp3) is 0.467. The predicted octanol–water partition coefficient (Wildman–Crippen LogP) is 2.45. The SMILES string of the molecule is COC(=O)CCCCCCNC(=O)c1ccc([N+](=O)[O-])cc1. The van der Waals surface area contributed by atoms with Crippen molar-refractivity contribution in [1.82, 2.24) is 5.32 Å². The molecule has 7 nitrogen and oxygen atoms in total. The van der Waals surface area contributed by atoms with Crippen LogP contribution in [0.25, 0.3) is 0 Å². The molecule has 0 saturated heterocycles. The van der Waals surface area contributed by atoms with E-state index in [1.807, 2.05) is 0 Å². The smallest absolute Gasteiger partial charge is 0.305 e. The van der Waals surface area contributed by atoms with Crippen molar-refractivity contribution in [2.45, 2.75) is 32.1 Å². The van der Waals surface area contributed by atoms with Gasteiger partial charge in [0.05, 0.1) is 12.0 Å². The van der Waals surface area contributed by atoms with Gasteiger partial charge in [-0.05, 0) is 25.0 Å². The summed E-state index contributed by atoms with van der Waals surface area (Å²) in [5.41, 5.74) is 0.360. The molecule has 7 heteroatoms. The molecule has 0 unspecified atom stereocenters. The lowest BCUT2D eigenvalue weighted by Crippen LogP contribution is -2.24. The summed E-state index contributed by atoms with van der Waals surface area (Å²) in [5.74, 6) is -0.448. The number of nitro groups is 1. The van der Waals surface area contributed by atoms with Gasteiger partial charge in [-0.25, -0.2) is 0 Å². The van der Waals surface area contributed by atoms with Crippen LogP contribution in [0, 0.1) is 10.1 Å². The van der Waals surface area contributed by atoms with Crippen molar-refractivity contribution >= 4 is 17.6 Å². The Morgan fingerprint density at radius 1 is 1.14 bits per heavy atom. The summed E-state index contributed by atoms with van der Waals surface area (Å²) >= 11 is 0. The van der Waals surface area contributed by atoms with Gasteiger partial charge in [-0.15, -0.1) is 0 Å². The molecule has 0 saturated carbocycles. The maximum Gasteiger partial charge on any atom is 0.305 e. The zero-order chi connectivity index (χ0) is 16.4. The molecule has 0 radical (unpaired) electrons. The summed E-state index contributed by atoms with van der Waals surface area (Å²) in [6.45, 7) is 0.536. The molecule has 0 heterocycles. The number of rotatable bonds is 9. The van der Waals surface area contributed by atoms with Crippen LogP contribution < -0.4 is 5.32 Å². The predicted molar refractivity (Wildman–Crippen MR) is 80.5 cm³/mol. The summed E-state index contributed by atoms with van der Waals surface area (Å²) < 4.78 is 4.54. The number of benzene rings is 1. The molecular formula is C15H20N2O5. The van der Waals surface area contributed by atoms with E-state index in [0.29, 0.717) is 18.5 Å². The Morgan fingerprint density at radius 2 is 1.77 bits per heavy atom. The Kier molecular flexibility index (Phi) is 7.60. The highest BCUT2D eigenvalue weighted by Crippen LogP contribution is 2.11. The number of amides is 1. The lowest BCUT2D eigenvalue weighted by Gasteiger charge is -2.05. The minimum Gasteiger partial charge on any atom is -0.469 e. The Morgan fingerprint density at radius 3 is 2.36 bits per heavy atom. The van der Waals surface area contributed by atoms with E-state index >= 15 is 0 Å². The van der Waals surface area contributed by atoms with E-state index in [9.17, 15) is 19.7 Å². The lowest BCUT2D eigenvalue weighted by atomic mass is 10.1. The quantitative estimate of drug-likeness (QED) is 0.327. The van der Waals surface area contributed by atoms with E-state index in [-0.39, 0.29) is 17.6 Å². The number of hydrogen-bond donors (Lipinski definition) is 1. The number of carbonyl (C=O) groups is 2. The largest absolute Gasteiger partial charge is 0.469 e. The number of non-ortho nitro benzene ring substituents is 1. The Labute approximate surface area is 128 Å². The van der Waals surface area contributed by atoms with Crippen molar-refractivity contribution in [1.29, 1.82) is 0 Å². The third-order valence-corrected chi connectivity index (χ3v) is 3.16. The number of nitrogens with one attached hydrogen (secondary N) is 1. The van der Waals surface area contributed by atoms with Gasteiger partial charge in [0, 0.05) is 30.7 Å². The topological polar surface area (TPSA) is 98.5 Å². The number of nitro benzene ring substituents is 1. The van der Waals surface area contributed by atoms with Crippen LogP contribution in [0.3, 0.4) is 0 Å². The number of esters is 1. The van der Waals surface area contributed by atoms with E-state index < -0.39 is 4.92 Å². The summed E-state index contributed by atoms with van der Waals surface area (Å²) in [4.78, 5) is 32.7. The van der Waals surface area contributed by atoms with Crippen LogP contribution in [-0.2, 0) is 9.53 Å². The molecule has 1 aromatic rings. The van der Waals surface area contributed by atoms with Crippen molar-refractivity contribution in [2.75, 3.05) is 13.7 Å². The van der Waals surface area contributed by atoms with Crippen LogP contribution in [0.2, 0.25) is 0 Å². The Bertz CT molecular complexity index is 513. The van der Waals surface area contributed by atoms with Gasteiger partial charge in [0.1, 0.15) is 0 Å². The first-order valence-electron chi connectivity index (χ1n) is 7.14. The van der Waals surface area contributed by atoms with Crippen molar-refractivity contribution in [3.05, 3.63) is 39.9 Å². The third-order valence-electron chi connectivity index (χ3n) is 3.16. The van der Waals surface area contributed by atoms with E-state index in [1.54, 1.807) is 0 Å². The van der Waals surface area contributed by atoms with Gasteiger partial charge in [0.2, 0.25) is 0 Å². The molecule has 120 valence electrons. The fourth-order valence-corrected chi connectivity index (χ4v) is 1.89.